The van der Waals surface area contributed by atoms with Crippen LogP contribution in [0.25, 0.3) is 10.6 Å². The van der Waals surface area contributed by atoms with Crippen molar-refractivity contribution >= 4 is 17.2 Å². The first kappa shape index (κ1) is 24.4. The third-order valence-electron chi connectivity index (χ3n) is 4.55. The van der Waals surface area contributed by atoms with Gasteiger partial charge in [0.1, 0.15) is 11.6 Å². The predicted molar refractivity (Wildman–Crippen MR) is 76.6 cm³/mol. The first-order chi connectivity index (χ1) is 13.8. The van der Waals surface area contributed by atoms with Gasteiger partial charge in [-0.1, -0.05) is 12.1 Å². The smallest absolute Gasteiger partial charge is 0.414 e. The lowest BCUT2D eigenvalue weighted by Crippen LogP contribution is -2.64. The number of halogens is 12. The molecule has 1 aliphatic carbocycles. The second-order valence-corrected chi connectivity index (χ2v) is 6.22. The number of hydrogen-bond acceptors (Lipinski definition) is 2. The van der Waals surface area contributed by atoms with Gasteiger partial charge in [0, 0.05) is 11.6 Å². The van der Waals surface area contributed by atoms with Crippen LogP contribution in [0, 0.1) is 17.8 Å². The lowest BCUT2D eigenvalue weighted by molar-refractivity contribution is -0.341. The van der Waals surface area contributed by atoms with Gasteiger partial charge in [-0.3, -0.25) is 4.79 Å². The second-order valence-electron chi connectivity index (χ2n) is 6.22. The lowest BCUT2D eigenvalue weighted by atomic mass is 9.74. The van der Waals surface area contributed by atoms with Gasteiger partial charge in [-0.25, -0.2) is 9.24 Å². The zero-order valence-electron chi connectivity index (χ0n) is 14.1. The molecule has 1 N–H and O–H groups in total. The van der Waals surface area contributed by atoms with Crippen molar-refractivity contribution in [3.63, 3.8) is 0 Å². The number of aliphatic hydroxyl groups excluding tert-OH is 1. The summed E-state index contributed by atoms with van der Waals surface area (Å²) in [7, 11) is 0. The molecule has 1 saturated carbocycles. The third kappa shape index (κ3) is 2.66. The van der Waals surface area contributed by atoms with Gasteiger partial charge in [-0.15, -0.1) is 0 Å². The highest BCUT2D eigenvalue weighted by Crippen LogP contribution is 2.75. The highest BCUT2D eigenvalue weighted by molar-refractivity contribution is 6.02. The van der Waals surface area contributed by atoms with Crippen molar-refractivity contribution in [2.45, 2.75) is 29.9 Å². The van der Waals surface area contributed by atoms with Crippen LogP contribution in [0.3, 0.4) is 0 Å². The molecule has 1 aromatic rings. The van der Waals surface area contributed by atoms with E-state index >= 15 is 0 Å². The number of rotatable bonds is 3. The zero-order chi connectivity index (χ0) is 24.4. The number of carbonyl (C=O) groups excluding carboxylic acids is 1. The van der Waals surface area contributed by atoms with E-state index in [1.807, 2.05) is 0 Å². The Balaban J connectivity index is 2.81. The minimum absolute atomic E-state index is 0.154. The van der Waals surface area contributed by atoms with Gasteiger partial charge >= 0.3 is 29.9 Å². The number of alkyl halides is 11. The van der Waals surface area contributed by atoms with Crippen molar-refractivity contribution in [3.8, 4) is 0 Å². The van der Waals surface area contributed by atoms with E-state index in [1.165, 1.54) is 0 Å². The maximum Gasteiger partial charge on any atom is 0.414 e. The molecule has 3 nitrogen and oxygen atoms in total. The molecule has 1 fully saturated rings. The van der Waals surface area contributed by atoms with Gasteiger partial charge in [0.2, 0.25) is 5.69 Å². The van der Waals surface area contributed by atoms with Gasteiger partial charge in [0.05, 0.1) is 6.57 Å². The normalized spacial score (nSPS) is 23.3. The fraction of sp³-hybridized carbons (Fsp3) is 0.375. The monoisotopic (exact) mass is 471 g/mol. The summed E-state index contributed by atoms with van der Waals surface area (Å²) in [5, 5.41) is 9.58. The van der Waals surface area contributed by atoms with E-state index < -0.39 is 70.0 Å². The predicted octanol–water partition coefficient (Wildman–Crippen LogP) is 5.95. The number of nitrogens with zero attached hydrogens (tertiary/aromatic N) is 1. The third-order valence-corrected chi connectivity index (χ3v) is 4.55. The fourth-order valence-electron chi connectivity index (χ4n) is 2.94. The van der Waals surface area contributed by atoms with Crippen LogP contribution in [0.1, 0.15) is 5.56 Å². The average Bonchev–Trinajstić information content (AvgIpc) is 2.65. The summed E-state index contributed by atoms with van der Waals surface area (Å²) in [6.07, 6.45) is -8.45. The molecule has 0 atom stereocenters. The van der Waals surface area contributed by atoms with Gasteiger partial charge in [0.25, 0.3) is 5.41 Å². The topological polar surface area (TPSA) is 41.7 Å². The molecule has 0 saturated heterocycles. The first-order valence-electron chi connectivity index (χ1n) is 7.46. The van der Waals surface area contributed by atoms with Crippen molar-refractivity contribution in [2.24, 2.45) is 5.41 Å². The van der Waals surface area contributed by atoms with Crippen LogP contribution >= 0.6 is 0 Å². The molecular formula is C16H5F12NO2. The standard InChI is InChI=1S/C16H5F12NO2/c1-29-8-3-2-6(4-7(8)17)9(30)5-10(31)11(16(26,27)28)12(18,19)14(22,23)15(24,25)13(11,20)21/h2-5,30H/b9-5-. The number of benzene rings is 1. The number of carbonyl (C=O) groups is 1. The van der Waals surface area contributed by atoms with Crippen LogP contribution in [0.5, 0.6) is 0 Å². The van der Waals surface area contributed by atoms with Crippen molar-refractivity contribution in [2.75, 3.05) is 0 Å². The molecule has 0 spiro atoms. The molecule has 0 radical (unpaired) electrons. The van der Waals surface area contributed by atoms with Crippen LogP contribution in [0.15, 0.2) is 24.3 Å². The Labute approximate surface area is 163 Å². The quantitative estimate of drug-likeness (QED) is 0.256. The Morgan fingerprint density at radius 1 is 0.935 bits per heavy atom. The Bertz CT molecular complexity index is 977. The summed E-state index contributed by atoms with van der Waals surface area (Å²) in [5.74, 6) is -36.6. The Kier molecular flexibility index (Phi) is 5.14. The average molecular weight is 471 g/mol. The van der Waals surface area contributed by atoms with Gasteiger partial charge in [-0.05, 0) is 6.07 Å². The molecule has 170 valence electrons. The second kappa shape index (κ2) is 6.54. The maximum absolute atomic E-state index is 13.9. The first-order valence-corrected chi connectivity index (χ1v) is 7.46. The van der Waals surface area contributed by atoms with Crippen LogP contribution in [-0.2, 0) is 4.79 Å². The number of hydrogen-bond donors (Lipinski definition) is 1. The summed E-state index contributed by atoms with van der Waals surface area (Å²) in [6, 6.07) is 1.23. The van der Waals surface area contributed by atoms with Crippen LogP contribution in [0.4, 0.5) is 58.4 Å². The molecular weight excluding hydrogens is 466 g/mol. The molecule has 0 heterocycles. The lowest BCUT2D eigenvalue weighted by Gasteiger charge is -2.37. The molecule has 1 aromatic carbocycles. The molecule has 0 amide bonds. The van der Waals surface area contributed by atoms with Crippen LogP contribution < -0.4 is 0 Å². The zero-order valence-corrected chi connectivity index (χ0v) is 14.1. The minimum atomic E-state index is -7.38. The van der Waals surface area contributed by atoms with Crippen LogP contribution in [-0.4, -0.2) is 40.8 Å². The van der Waals surface area contributed by atoms with E-state index in [2.05, 4.69) is 4.85 Å². The Hall–Kier alpha value is -2.92. The van der Waals surface area contributed by atoms with E-state index in [0.717, 1.165) is 0 Å². The highest BCUT2D eigenvalue weighted by atomic mass is 19.4. The Morgan fingerprint density at radius 3 is 1.74 bits per heavy atom. The molecule has 0 aliphatic heterocycles. The SMILES string of the molecule is [C-]#[N+]c1ccc(/C(O)=C/C(=O)C2(C(F)(F)F)C(F)(F)C(F)(F)C(F)(F)C2(F)F)cc1F. The molecule has 0 bridgehead atoms. The molecule has 1 aliphatic rings. The van der Waals surface area contributed by atoms with Crippen molar-refractivity contribution in [1.82, 2.24) is 0 Å². The van der Waals surface area contributed by atoms with E-state index in [9.17, 15) is 62.6 Å². The van der Waals surface area contributed by atoms with Gasteiger partial charge < -0.3 is 5.11 Å². The van der Waals surface area contributed by atoms with E-state index in [-0.39, 0.29) is 6.07 Å². The van der Waals surface area contributed by atoms with Crippen LogP contribution in [0.2, 0.25) is 0 Å². The summed E-state index contributed by atoms with van der Waals surface area (Å²) < 4.78 is 163. The molecule has 2 rings (SSSR count). The number of aliphatic hydroxyl groups is 1. The van der Waals surface area contributed by atoms with E-state index in [4.69, 9.17) is 6.57 Å². The minimum Gasteiger partial charge on any atom is -0.507 e. The fourth-order valence-corrected chi connectivity index (χ4v) is 2.94. The van der Waals surface area contributed by atoms with Crippen molar-refractivity contribution in [3.05, 3.63) is 47.1 Å². The van der Waals surface area contributed by atoms with E-state index in [1.54, 1.807) is 0 Å². The summed E-state index contributed by atoms with van der Waals surface area (Å²) in [4.78, 5) is 14.5. The van der Waals surface area contributed by atoms with E-state index in [0.29, 0.717) is 12.1 Å². The number of allylic oxidation sites excluding steroid dienone is 1. The highest BCUT2D eigenvalue weighted by Gasteiger charge is 3.06. The van der Waals surface area contributed by atoms with Gasteiger partial charge in [-0.2, -0.15) is 48.3 Å². The van der Waals surface area contributed by atoms with Crippen molar-refractivity contribution in [1.29, 1.82) is 0 Å². The van der Waals surface area contributed by atoms with Crippen molar-refractivity contribution < 1.29 is 62.6 Å². The molecule has 31 heavy (non-hydrogen) atoms. The molecule has 0 aromatic heterocycles. The van der Waals surface area contributed by atoms with Gasteiger partial charge in [0.15, 0.2) is 5.78 Å². The summed E-state index contributed by atoms with van der Waals surface area (Å²) in [6.45, 7) is 6.56. The maximum atomic E-state index is 13.9. The summed E-state index contributed by atoms with van der Waals surface area (Å²) >= 11 is 0. The Morgan fingerprint density at radius 2 is 1.39 bits per heavy atom. The molecule has 0 unspecified atom stereocenters. The molecule has 15 heteroatoms. The number of ketones is 1. The summed E-state index contributed by atoms with van der Waals surface area (Å²) in [5.41, 5.74) is -8.76. The largest absolute Gasteiger partial charge is 0.507 e.